The molecule has 0 aliphatic heterocycles. The van der Waals surface area contributed by atoms with Crippen LogP contribution in [-0.4, -0.2) is 50.0 Å². The van der Waals surface area contributed by atoms with Crippen molar-refractivity contribution in [1.82, 2.24) is 10.2 Å². The molecule has 1 amide bonds. The van der Waals surface area contributed by atoms with E-state index in [1.54, 1.807) is 24.3 Å². The number of rotatable bonds is 8. The molecule has 2 heterocycles. The van der Waals surface area contributed by atoms with Crippen LogP contribution in [-0.2, 0) is 32.2 Å². The Hall–Kier alpha value is -3.25. The summed E-state index contributed by atoms with van der Waals surface area (Å²) < 4.78 is 41.1. The molecule has 186 valence electrons. The number of methoxy groups -OCH3 is 1. The molecule has 3 aromatic rings. The zero-order valence-corrected chi connectivity index (χ0v) is 21.1. The van der Waals surface area contributed by atoms with Crippen molar-refractivity contribution in [2.75, 3.05) is 24.8 Å². The van der Waals surface area contributed by atoms with Crippen LogP contribution >= 0.6 is 11.3 Å². The fourth-order valence-corrected chi connectivity index (χ4v) is 6.19. The molecule has 0 radical (unpaired) electrons. The lowest BCUT2D eigenvalue weighted by molar-refractivity contribution is -0.113. The molecule has 10 nitrogen and oxygen atoms in total. The van der Waals surface area contributed by atoms with Gasteiger partial charge in [-0.25, -0.2) is 13.2 Å². The summed E-state index contributed by atoms with van der Waals surface area (Å²) >= 11 is 1.28. The zero-order valence-electron chi connectivity index (χ0n) is 19.5. The topological polar surface area (TPSA) is 138 Å². The molecule has 0 fully saturated rings. The molecular weight excluding hydrogens is 494 g/mol. The maximum absolute atomic E-state index is 12.8. The van der Waals surface area contributed by atoms with Gasteiger partial charge in [0.25, 0.3) is 0 Å². The summed E-state index contributed by atoms with van der Waals surface area (Å²) in [5.74, 6) is -1.19. The summed E-state index contributed by atoms with van der Waals surface area (Å²) in [6.45, 7) is 4.50. The average molecular weight is 520 g/mol. The SMILES string of the molecule is CCOc1ccc(-c2nnc(S(=O)(=O)CC(=O)Nc3sc4c(c3C(=O)OC)CCC(C)C4)o2)cc1. The zero-order chi connectivity index (χ0) is 25.2. The standard InChI is InChI=1S/C23H25N3O7S2/c1-4-32-15-8-6-14(7-9-15)20-25-26-23(33-20)35(29,30)12-18(27)24-21-19(22(28)31-3)16-10-5-13(2)11-17(16)34-21/h6-9,13H,4-5,10-12H2,1-3H3,(H,24,27). The Bertz CT molecular complexity index is 1340. The van der Waals surface area contributed by atoms with Crippen LogP contribution in [0.3, 0.4) is 0 Å². The van der Waals surface area contributed by atoms with E-state index in [2.05, 4.69) is 22.4 Å². The van der Waals surface area contributed by atoms with E-state index in [1.807, 2.05) is 6.92 Å². The third-order valence-corrected chi connectivity index (χ3v) is 8.07. The number of amides is 1. The minimum absolute atomic E-state index is 0.0000565. The van der Waals surface area contributed by atoms with Gasteiger partial charge in [-0.2, -0.15) is 0 Å². The third-order valence-electron chi connectivity index (χ3n) is 5.56. The second kappa shape index (κ2) is 10.2. The molecule has 2 aromatic heterocycles. The van der Waals surface area contributed by atoms with Gasteiger partial charge < -0.3 is 19.2 Å². The highest BCUT2D eigenvalue weighted by Crippen LogP contribution is 2.40. The first-order chi connectivity index (χ1) is 16.7. The Morgan fingerprint density at radius 2 is 1.97 bits per heavy atom. The summed E-state index contributed by atoms with van der Waals surface area (Å²) in [6, 6.07) is 6.72. The van der Waals surface area contributed by atoms with E-state index < -0.39 is 32.7 Å². The van der Waals surface area contributed by atoms with Gasteiger partial charge in [0.2, 0.25) is 21.6 Å². The van der Waals surface area contributed by atoms with E-state index in [0.717, 1.165) is 23.3 Å². The van der Waals surface area contributed by atoms with E-state index in [0.29, 0.717) is 35.8 Å². The first-order valence-corrected chi connectivity index (χ1v) is 13.5. The maximum atomic E-state index is 12.8. The van der Waals surface area contributed by atoms with Crippen LogP contribution in [0.5, 0.6) is 5.75 Å². The quantitative estimate of drug-likeness (QED) is 0.443. The number of fused-ring (bicyclic) bond motifs is 1. The van der Waals surface area contributed by atoms with Gasteiger partial charge in [0.15, 0.2) is 0 Å². The molecule has 1 aliphatic rings. The van der Waals surface area contributed by atoms with Crippen molar-refractivity contribution >= 4 is 38.1 Å². The summed E-state index contributed by atoms with van der Waals surface area (Å²) in [5, 5.41) is 9.61. The van der Waals surface area contributed by atoms with Crippen molar-refractivity contribution in [3.8, 4) is 17.2 Å². The first-order valence-electron chi connectivity index (χ1n) is 11.0. The number of esters is 1. The molecule has 4 rings (SSSR count). The van der Waals surface area contributed by atoms with Crippen molar-refractivity contribution in [2.24, 2.45) is 5.92 Å². The van der Waals surface area contributed by atoms with Crippen molar-refractivity contribution in [1.29, 1.82) is 0 Å². The Morgan fingerprint density at radius 3 is 2.66 bits per heavy atom. The number of carbonyl (C=O) groups is 2. The average Bonchev–Trinajstić information content (AvgIpc) is 3.44. The third kappa shape index (κ3) is 5.38. The smallest absolute Gasteiger partial charge is 0.341 e. The fraction of sp³-hybridized carbons (Fsp3) is 0.391. The van der Waals surface area contributed by atoms with Crippen LogP contribution in [0.1, 0.15) is 41.1 Å². The largest absolute Gasteiger partial charge is 0.494 e. The van der Waals surface area contributed by atoms with Crippen LogP contribution < -0.4 is 10.1 Å². The second-order valence-corrected chi connectivity index (χ2v) is 11.2. The Balaban J connectivity index is 1.50. The van der Waals surface area contributed by atoms with E-state index in [4.69, 9.17) is 13.9 Å². The van der Waals surface area contributed by atoms with Crippen molar-refractivity contribution in [3.05, 3.63) is 40.3 Å². The van der Waals surface area contributed by atoms with Gasteiger partial charge in [0.05, 0.1) is 19.3 Å². The van der Waals surface area contributed by atoms with Crippen LogP contribution in [0.15, 0.2) is 33.9 Å². The first kappa shape index (κ1) is 24.9. The molecular formula is C23H25N3O7S2. The Kier molecular flexibility index (Phi) is 7.22. The maximum Gasteiger partial charge on any atom is 0.341 e. The van der Waals surface area contributed by atoms with E-state index >= 15 is 0 Å². The molecule has 0 saturated carbocycles. The van der Waals surface area contributed by atoms with Crippen LogP contribution in [0.2, 0.25) is 0 Å². The lowest BCUT2D eigenvalue weighted by Crippen LogP contribution is -2.24. The van der Waals surface area contributed by atoms with Gasteiger partial charge in [0.1, 0.15) is 16.5 Å². The molecule has 0 saturated heterocycles. The monoisotopic (exact) mass is 519 g/mol. The number of sulfone groups is 1. The summed E-state index contributed by atoms with van der Waals surface area (Å²) in [4.78, 5) is 26.1. The van der Waals surface area contributed by atoms with Crippen LogP contribution in [0.4, 0.5) is 5.00 Å². The molecule has 1 aromatic carbocycles. The minimum atomic E-state index is -4.22. The predicted molar refractivity (Wildman–Crippen MR) is 128 cm³/mol. The fourth-order valence-electron chi connectivity index (χ4n) is 3.87. The lowest BCUT2D eigenvalue weighted by atomic mass is 9.88. The highest BCUT2D eigenvalue weighted by molar-refractivity contribution is 7.91. The highest BCUT2D eigenvalue weighted by atomic mass is 32.2. The number of hydrogen-bond donors (Lipinski definition) is 1. The Labute approximate surface area is 206 Å². The molecule has 0 bridgehead atoms. The minimum Gasteiger partial charge on any atom is -0.494 e. The number of aromatic nitrogens is 2. The van der Waals surface area contributed by atoms with Crippen molar-refractivity contribution in [2.45, 2.75) is 38.3 Å². The molecule has 1 aliphatic carbocycles. The summed E-state index contributed by atoms with van der Waals surface area (Å²) in [7, 11) is -2.95. The predicted octanol–water partition coefficient (Wildman–Crippen LogP) is 3.52. The summed E-state index contributed by atoms with van der Waals surface area (Å²) in [5.41, 5.74) is 1.66. The number of benzene rings is 1. The normalized spacial score (nSPS) is 15.3. The number of hydrogen-bond acceptors (Lipinski definition) is 10. The number of nitrogens with one attached hydrogen (secondary N) is 1. The van der Waals surface area contributed by atoms with Gasteiger partial charge in [-0.1, -0.05) is 12.0 Å². The second-order valence-electron chi connectivity index (χ2n) is 8.19. The lowest BCUT2D eigenvalue weighted by Gasteiger charge is -2.18. The molecule has 0 spiro atoms. The molecule has 1 atom stereocenters. The van der Waals surface area contributed by atoms with E-state index in [1.165, 1.54) is 18.4 Å². The van der Waals surface area contributed by atoms with Gasteiger partial charge in [-0.3, -0.25) is 4.79 Å². The van der Waals surface area contributed by atoms with Crippen LogP contribution in [0.25, 0.3) is 11.5 Å². The Morgan fingerprint density at radius 1 is 1.23 bits per heavy atom. The number of carbonyl (C=O) groups excluding carboxylic acids is 2. The number of nitrogens with zero attached hydrogens (tertiary/aromatic N) is 2. The van der Waals surface area contributed by atoms with Gasteiger partial charge >= 0.3 is 11.2 Å². The summed E-state index contributed by atoms with van der Waals surface area (Å²) in [6.07, 6.45) is 2.40. The number of thiophene rings is 1. The van der Waals surface area contributed by atoms with Crippen LogP contribution in [0, 0.1) is 5.92 Å². The molecule has 35 heavy (non-hydrogen) atoms. The molecule has 1 N–H and O–H groups in total. The molecule has 12 heteroatoms. The molecule has 1 unspecified atom stereocenters. The highest BCUT2D eigenvalue weighted by Gasteiger charge is 2.31. The van der Waals surface area contributed by atoms with Gasteiger partial charge in [0, 0.05) is 10.4 Å². The number of anilines is 1. The van der Waals surface area contributed by atoms with E-state index in [-0.39, 0.29) is 10.9 Å². The van der Waals surface area contributed by atoms with Gasteiger partial charge in [-0.05, 0) is 61.9 Å². The van der Waals surface area contributed by atoms with Gasteiger partial charge in [-0.15, -0.1) is 16.4 Å². The van der Waals surface area contributed by atoms with E-state index in [9.17, 15) is 18.0 Å². The number of ether oxygens (including phenoxy) is 2. The van der Waals surface area contributed by atoms with Crippen molar-refractivity contribution < 1.29 is 31.9 Å². The van der Waals surface area contributed by atoms with Crippen molar-refractivity contribution in [3.63, 3.8) is 0 Å².